The Morgan fingerprint density at radius 2 is 0.875 bits per heavy atom. The molecule has 0 N–H and O–H groups in total. The van der Waals surface area contributed by atoms with Crippen molar-refractivity contribution in [3.05, 3.63) is 186 Å². The Morgan fingerprint density at radius 3 is 1.38 bits per heavy atom. The van der Waals surface area contributed by atoms with E-state index in [2.05, 4.69) is 193 Å². The zero-order chi connectivity index (χ0) is 38.1. The van der Waals surface area contributed by atoms with Crippen LogP contribution in [-0.2, 0) is 0 Å². The molecule has 3 aromatic heterocycles. The van der Waals surface area contributed by atoms with Gasteiger partial charge >= 0.3 is 0 Å². The minimum atomic E-state index is 0.591. The van der Waals surface area contributed by atoms with Crippen molar-refractivity contribution in [3.8, 4) is 50.8 Å². The Hall–Kier alpha value is -7.22. The van der Waals surface area contributed by atoms with Gasteiger partial charge in [-0.2, -0.15) is 5.26 Å². The van der Waals surface area contributed by atoms with Crippen LogP contribution >= 0.6 is 0 Å². The third-order valence-electron chi connectivity index (χ3n) is 11.2. The second-order valence-electron chi connectivity index (χ2n) is 15.2. The summed E-state index contributed by atoms with van der Waals surface area (Å²) in [6.45, 7) is 8.60. The molecule has 7 aromatic carbocycles. The summed E-state index contributed by atoms with van der Waals surface area (Å²) >= 11 is 0. The molecule has 0 aliphatic carbocycles. The van der Waals surface area contributed by atoms with E-state index in [4.69, 9.17) is 0 Å². The number of rotatable bonds is 5. The number of aryl methyl sites for hydroxylation is 4. The molecule has 0 saturated heterocycles. The number of hydrogen-bond acceptors (Lipinski definition) is 2. The summed E-state index contributed by atoms with van der Waals surface area (Å²) in [7, 11) is 0. The zero-order valence-electron chi connectivity index (χ0n) is 31.8. The van der Waals surface area contributed by atoms with E-state index in [1.165, 1.54) is 44.2 Å². The predicted octanol–water partition coefficient (Wildman–Crippen LogP) is 13.4. The third-order valence-corrected chi connectivity index (χ3v) is 11.2. The van der Waals surface area contributed by atoms with Crippen LogP contribution in [0.1, 0.15) is 27.8 Å². The minimum absolute atomic E-state index is 0.591. The molecule has 0 fully saturated rings. The molecule has 4 heteroatoms. The van der Waals surface area contributed by atoms with E-state index >= 15 is 0 Å². The lowest BCUT2D eigenvalue weighted by Gasteiger charge is -2.19. The average Bonchev–Trinajstić information content (AvgIpc) is 3.72. The van der Waals surface area contributed by atoms with Crippen molar-refractivity contribution in [2.24, 2.45) is 0 Å². The molecule has 0 atom stereocenters. The highest BCUT2D eigenvalue weighted by Gasteiger charge is 2.22. The third kappa shape index (κ3) is 5.40. The normalized spacial score (nSPS) is 11.6. The van der Waals surface area contributed by atoms with E-state index in [1.54, 1.807) is 0 Å². The van der Waals surface area contributed by atoms with Crippen molar-refractivity contribution in [3.63, 3.8) is 0 Å². The van der Waals surface area contributed by atoms with Gasteiger partial charge in [0.25, 0.3) is 0 Å². The molecule has 10 aromatic rings. The summed E-state index contributed by atoms with van der Waals surface area (Å²) < 4.78 is 4.63. The molecule has 0 saturated carbocycles. The van der Waals surface area contributed by atoms with Crippen molar-refractivity contribution in [2.45, 2.75) is 27.7 Å². The number of para-hydroxylation sites is 2. The Labute approximate surface area is 326 Å². The Balaban J connectivity index is 1.29. The van der Waals surface area contributed by atoms with Crippen LogP contribution in [0.25, 0.3) is 88.4 Å². The van der Waals surface area contributed by atoms with E-state index < -0.39 is 0 Å². The van der Waals surface area contributed by atoms with Crippen molar-refractivity contribution in [2.75, 3.05) is 0 Å². The monoisotopic (exact) mass is 718 g/mol. The second kappa shape index (κ2) is 13.0. The van der Waals surface area contributed by atoms with Gasteiger partial charge in [0, 0.05) is 39.5 Å². The maximum Gasteiger partial charge on any atom is 0.101 e. The van der Waals surface area contributed by atoms with Crippen LogP contribution in [0.15, 0.2) is 158 Å². The minimum Gasteiger partial charge on any atom is -0.309 e. The average molecular weight is 719 g/mol. The smallest absolute Gasteiger partial charge is 0.101 e. The van der Waals surface area contributed by atoms with Crippen LogP contribution in [0.4, 0.5) is 0 Å². The van der Waals surface area contributed by atoms with E-state index in [-0.39, 0.29) is 0 Å². The first-order valence-corrected chi connectivity index (χ1v) is 19.1. The molecule has 56 heavy (non-hydrogen) atoms. The van der Waals surface area contributed by atoms with Crippen LogP contribution in [0, 0.1) is 39.0 Å². The van der Waals surface area contributed by atoms with Gasteiger partial charge < -0.3 is 9.13 Å². The van der Waals surface area contributed by atoms with Crippen molar-refractivity contribution in [1.29, 1.82) is 5.26 Å². The number of fused-ring (bicyclic) bond motifs is 6. The van der Waals surface area contributed by atoms with Gasteiger partial charge in [-0.25, -0.2) is 0 Å². The lowest BCUT2D eigenvalue weighted by Crippen LogP contribution is -2.04. The van der Waals surface area contributed by atoms with E-state index in [0.29, 0.717) is 5.56 Å². The number of aromatic nitrogens is 3. The van der Waals surface area contributed by atoms with Gasteiger partial charge in [-0.15, -0.1) is 0 Å². The highest BCUT2D eigenvalue weighted by atomic mass is 15.0. The number of benzene rings is 7. The van der Waals surface area contributed by atoms with Crippen LogP contribution < -0.4 is 0 Å². The first-order chi connectivity index (χ1) is 27.3. The molecule has 10 rings (SSSR count). The van der Waals surface area contributed by atoms with Gasteiger partial charge in [0.1, 0.15) is 6.07 Å². The maximum atomic E-state index is 11.1. The second-order valence-corrected chi connectivity index (χ2v) is 15.2. The zero-order valence-corrected chi connectivity index (χ0v) is 31.8. The molecule has 0 radical (unpaired) electrons. The van der Waals surface area contributed by atoms with Crippen molar-refractivity contribution in [1.82, 2.24) is 14.1 Å². The van der Waals surface area contributed by atoms with Crippen LogP contribution in [-0.4, -0.2) is 14.1 Å². The lowest BCUT2D eigenvalue weighted by molar-refractivity contribution is 1.13. The molecule has 4 nitrogen and oxygen atoms in total. The maximum absolute atomic E-state index is 11.1. The van der Waals surface area contributed by atoms with Gasteiger partial charge in [0.15, 0.2) is 0 Å². The largest absolute Gasteiger partial charge is 0.309 e. The Morgan fingerprint density at radius 1 is 0.411 bits per heavy atom. The molecule has 0 spiro atoms. The van der Waals surface area contributed by atoms with Crippen LogP contribution in [0.2, 0.25) is 0 Å². The molecule has 0 aliphatic rings. The summed E-state index contributed by atoms with van der Waals surface area (Å²) in [5, 5.41) is 15.8. The van der Waals surface area contributed by atoms with E-state index in [0.717, 1.165) is 66.5 Å². The Kier molecular flexibility index (Phi) is 7.73. The number of hydrogen-bond donors (Lipinski definition) is 0. The van der Waals surface area contributed by atoms with Crippen LogP contribution in [0.5, 0.6) is 0 Å². The molecule has 0 bridgehead atoms. The van der Waals surface area contributed by atoms with E-state index in [9.17, 15) is 5.26 Å². The van der Waals surface area contributed by atoms with Gasteiger partial charge in [0.05, 0.1) is 39.0 Å². The SMILES string of the molecule is Cc1cc(C)cc(-c2ccc3c4ccccc4n(-c4cc(-c5ccncc5)c(-n5c6ccccc6c6ccc(-c7cc(C)cc(C)c7)cc65)cc4C#N)c3c2)c1. The molecule has 3 heterocycles. The standard InChI is InChI=1S/C52H38N4/c1-32-21-33(2)24-39(23-32)37-13-15-44-42-9-5-7-11-47(42)55(50(44)27-37)49-30-46(36-17-19-54-20-18-36)52(29-41(49)31-53)56-48-12-8-6-10-43(48)45-16-14-38(28-51(45)56)40-25-34(3)22-35(4)26-40/h5-30H,1-4H3. The van der Waals surface area contributed by atoms with Gasteiger partial charge in [-0.1, -0.05) is 119 Å². The van der Waals surface area contributed by atoms with Crippen molar-refractivity contribution >= 4 is 43.6 Å². The van der Waals surface area contributed by atoms with Crippen LogP contribution in [0.3, 0.4) is 0 Å². The van der Waals surface area contributed by atoms with Crippen molar-refractivity contribution < 1.29 is 0 Å². The fourth-order valence-corrected chi connectivity index (χ4v) is 8.90. The first-order valence-electron chi connectivity index (χ1n) is 19.1. The summed E-state index contributed by atoms with van der Waals surface area (Å²) in [4.78, 5) is 4.40. The Bertz CT molecular complexity index is 3200. The summed E-state index contributed by atoms with van der Waals surface area (Å²) in [6.07, 6.45) is 3.69. The highest BCUT2D eigenvalue weighted by molar-refractivity contribution is 6.12. The molecule has 0 unspecified atom stereocenters. The molecular formula is C52H38N4. The predicted molar refractivity (Wildman–Crippen MR) is 233 cm³/mol. The number of nitrogens with zero attached hydrogens (tertiary/aromatic N) is 4. The number of nitriles is 1. The summed E-state index contributed by atoms with van der Waals surface area (Å²) in [6, 6.07) is 55.1. The lowest BCUT2D eigenvalue weighted by atomic mass is 9.98. The quantitative estimate of drug-likeness (QED) is 0.178. The highest BCUT2D eigenvalue weighted by Crippen LogP contribution is 2.42. The topological polar surface area (TPSA) is 46.5 Å². The molecule has 266 valence electrons. The first kappa shape index (κ1) is 33.4. The molecular weight excluding hydrogens is 681 g/mol. The summed E-state index contributed by atoms with van der Waals surface area (Å²) in [5.74, 6) is 0. The fourth-order valence-electron chi connectivity index (χ4n) is 8.90. The fraction of sp³-hybridized carbons (Fsp3) is 0.0769. The van der Waals surface area contributed by atoms with Gasteiger partial charge in [-0.05, 0) is 104 Å². The van der Waals surface area contributed by atoms with Gasteiger partial charge in [0.2, 0.25) is 0 Å². The van der Waals surface area contributed by atoms with E-state index in [1.807, 2.05) is 12.4 Å². The molecule has 0 amide bonds. The number of pyridine rings is 1. The summed E-state index contributed by atoms with van der Waals surface area (Å²) in [5.41, 5.74) is 18.3. The molecule has 0 aliphatic heterocycles. The van der Waals surface area contributed by atoms with Gasteiger partial charge in [-0.3, -0.25) is 4.98 Å².